The van der Waals surface area contributed by atoms with Crippen molar-refractivity contribution in [1.29, 1.82) is 0 Å². The van der Waals surface area contributed by atoms with E-state index < -0.39 is 0 Å². The summed E-state index contributed by atoms with van der Waals surface area (Å²) in [5, 5.41) is 3.28. The number of carbonyl (C=O) groups is 2. The third-order valence-electron chi connectivity index (χ3n) is 8.58. The number of hydrogen-bond acceptors (Lipinski definition) is 3. The summed E-state index contributed by atoms with van der Waals surface area (Å²) in [6, 6.07) is 0.363. The lowest BCUT2D eigenvalue weighted by molar-refractivity contribution is -0.155. The van der Waals surface area contributed by atoms with Gasteiger partial charge in [-0.15, -0.1) is 0 Å². The van der Waals surface area contributed by atoms with E-state index in [1.165, 1.54) is 26.4 Å². The molecule has 7 atom stereocenters. The molecule has 0 aromatic carbocycles. The Labute approximate surface area is 145 Å². The van der Waals surface area contributed by atoms with Crippen molar-refractivity contribution in [2.45, 2.75) is 71.3 Å². The Morgan fingerprint density at radius 1 is 1.04 bits per heavy atom. The van der Waals surface area contributed by atoms with E-state index in [-0.39, 0.29) is 28.6 Å². The number of piperidine rings is 1. The zero-order valence-corrected chi connectivity index (χ0v) is 15.3. The molecule has 0 radical (unpaired) electrons. The molecule has 1 amide bonds. The molecule has 1 N–H and O–H groups in total. The molecule has 134 valence electrons. The van der Waals surface area contributed by atoms with Gasteiger partial charge >= 0.3 is 5.97 Å². The first-order chi connectivity index (χ1) is 11.4. The van der Waals surface area contributed by atoms with Crippen LogP contribution in [0.1, 0.15) is 65.2 Å². The van der Waals surface area contributed by atoms with Gasteiger partial charge in [-0.1, -0.05) is 13.8 Å². The molecule has 4 rings (SSSR count). The summed E-state index contributed by atoms with van der Waals surface area (Å²) in [5.41, 5.74) is 0.372. The maximum absolute atomic E-state index is 12.3. The molecule has 4 nitrogen and oxygen atoms in total. The molecule has 4 fully saturated rings. The van der Waals surface area contributed by atoms with Gasteiger partial charge in [0.15, 0.2) is 0 Å². The van der Waals surface area contributed by atoms with Crippen LogP contribution in [0.3, 0.4) is 0 Å². The van der Waals surface area contributed by atoms with E-state index in [4.69, 9.17) is 4.74 Å². The zero-order chi connectivity index (χ0) is 17.1. The van der Waals surface area contributed by atoms with E-state index in [0.29, 0.717) is 24.3 Å². The second-order valence-electron chi connectivity index (χ2n) is 9.28. The van der Waals surface area contributed by atoms with Gasteiger partial charge in [0.1, 0.15) is 0 Å². The van der Waals surface area contributed by atoms with Gasteiger partial charge in [-0.3, -0.25) is 9.59 Å². The summed E-state index contributed by atoms with van der Waals surface area (Å²) in [6.45, 7) is 4.77. The first kappa shape index (κ1) is 16.4. The Morgan fingerprint density at radius 2 is 1.79 bits per heavy atom. The minimum Gasteiger partial charge on any atom is -0.469 e. The summed E-state index contributed by atoms with van der Waals surface area (Å²) >= 11 is 0. The van der Waals surface area contributed by atoms with Crippen molar-refractivity contribution in [1.82, 2.24) is 5.32 Å². The highest BCUT2D eigenvalue weighted by Gasteiger charge is 2.61. The fraction of sp³-hybridized carbons (Fsp3) is 0.900. The normalized spacial score (nSPS) is 50.3. The summed E-state index contributed by atoms with van der Waals surface area (Å²) in [7, 11) is 1.53. The molecule has 3 saturated carbocycles. The molecule has 4 heteroatoms. The van der Waals surface area contributed by atoms with Crippen LogP contribution in [0.4, 0.5) is 0 Å². The topological polar surface area (TPSA) is 55.4 Å². The van der Waals surface area contributed by atoms with Gasteiger partial charge in [-0.2, -0.15) is 0 Å². The number of carbonyl (C=O) groups excluding carboxylic acids is 2. The SMILES string of the molecule is COC(=O)C1CCC2C3CC[C@H]4NC(=O)CCC4(C)C3CCC12C. The van der Waals surface area contributed by atoms with Crippen molar-refractivity contribution in [3.63, 3.8) is 0 Å². The number of hydrogen-bond donors (Lipinski definition) is 1. The maximum Gasteiger partial charge on any atom is 0.309 e. The number of amides is 1. The van der Waals surface area contributed by atoms with Crippen molar-refractivity contribution in [2.24, 2.45) is 34.5 Å². The van der Waals surface area contributed by atoms with Crippen LogP contribution >= 0.6 is 0 Å². The van der Waals surface area contributed by atoms with Crippen molar-refractivity contribution in [3.8, 4) is 0 Å². The van der Waals surface area contributed by atoms with Crippen LogP contribution in [0, 0.1) is 34.5 Å². The van der Waals surface area contributed by atoms with E-state index in [2.05, 4.69) is 19.2 Å². The van der Waals surface area contributed by atoms with Crippen LogP contribution in [-0.4, -0.2) is 25.0 Å². The predicted molar refractivity (Wildman–Crippen MR) is 91.1 cm³/mol. The van der Waals surface area contributed by atoms with Crippen molar-refractivity contribution < 1.29 is 14.3 Å². The van der Waals surface area contributed by atoms with Crippen molar-refractivity contribution >= 4 is 11.9 Å². The Kier molecular flexibility index (Phi) is 3.74. The van der Waals surface area contributed by atoms with Crippen molar-refractivity contribution in [3.05, 3.63) is 0 Å². The first-order valence-electron chi connectivity index (χ1n) is 9.77. The molecule has 0 spiro atoms. The quantitative estimate of drug-likeness (QED) is 0.749. The Hall–Kier alpha value is -1.06. The van der Waals surface area contributed by atoms with E-state index in [1.54, 1.807) is 0 Å². The fourth-order valence-electron chi connectivity index (χ4n) is 7.23. The standard InChI is InChI=1S/C20H31NO3/c1-19-10-8-14-12(13(19)5-6-15(19)18(23)24-3)4-7-16-20(14,2)11-9-17(22)21-16/h12-16H,4-11H2,1-3H3,(H,21,22)/t12?,13?,14?,15?,16-,19?,20?/m1/s1. The predicted octanol–water partition coefficient (Wildman–Crippen LogP) is 3.30. The lowest BCUT2D eigenvalue weighted by atomic mass is 9.47. The van der Waals surface area contributed by atoms with Gasteiger partial charge < -0.3 is 10.1 Å². The Balaban J connectivity index is 1.61. The lowest BCUT2D eigenvalue weighted by Crippen LogP contribution is -2.61. The maximum atomic E-state index is 12.3. The fourth-order valence-corrected chi connectivity index (χ4v) is 7.23. The number of rotatable bonds is 1. The molecule has 1 saturated heterocycles. The average Bonchev–Trinajstić information content (AvgIpc) is 2.92. The third-order valence-corrected chi connectivity index (χ3v) is 8.58. The van der Waals surface area contributed by atoms with Gasteiger partial charge in [-0.05, 0) is 73.5 Å². The van der Waals surface area contributed by atoms with E-state index in [1.807, 2.05) is 0 Å². The summed E-state index contributed by atoms with van der Waals surface area (Å²) in [6.07, 6.45) is 8.54. The summed E-state index contributed by atoms with van der Waals surface area (Å²) < 4.78 is 5.12. The Morgan fingerprint density at radius 3 is 2.54 bits per heavy atom. The number of methoxy groups -OCH3 is 1. The molecule has 1 heterocycles. The van der Waals surface area contributed by atoms with Crippen LogP contribution < -0.4 is 5.32 Å². The van der Waals surface area contributed by atoms with E-state index in [9.17, 15) is 9.59 Å². The van der Waals surface area contributed by atoms with E-state index in [0.717, 1.165) is 31.6 Å². The molecule has 0 aromatic rings. The zero-order valence-electron chi connectivity index (χ0n) is 15.3. The van der Waals surface area contributed by atoms with Gasteiger partial charge in [0.25, 0.3) is 0 Å². The average molecular weight is 333 g/mol. The molecule has 0 aromatic heterocycles. The monoisotopic (exact) mass is 333 g/mol. The summed E-state index contributed by atoms with van der Waals surface area (Å²) in [5.74, 6) is 2.40. The smallest absolute Gasteiger partial charge is 0.309 e. The van der Waals surface area contributed by atoms with Gasteiger partial charge in [0, 0.05) is 12.5 Å². The van der Waals surface area contributed by atoms with Crippen LogP contribution in [-0.2, 0) is 14.3 Å². The first-order valence-corrected chi connectivity index (χ1v) is 9.77. The molecule has 6 unspecified atom stereocenters. The van der Waals surface area contributed by atoms with Crippen LogP contribution in [0.5, 0.6) is 0 Å². The lowest BCUT2D eigenvalue weighted by Gasteiger charge is -2.60. The minimum atomic E-state index is 0.00303. The number of fused-ring (bicyclic) bond motifs is 5. The second-order valence-corrected chi connectivity index (χ2v) is 9.28. The van der Waals surface area contributed by atoms with Crippen LogP contribution in [0.25, 0.3) is 0 Å². The molecular weight excluding hydrogens is 302 g/mol. The molecule has 24 heavy (non-hydrogen) atoms. The third kappa shape index (κ3) is 2.10. The second kappa shape index (κ2) is 5.47. The molecule has 1 aliphatic heterocycles. The number of esters is 1. The molecule has 0 bridgehead atoms. The highest BCUT2D eigenvalue weighted by atomic mass is 16.5. The molecule has 4 aliphatic rings. The summed E-state index contributed by atoms with van der Waals surface area (Å²) in [4.78, 5) is 24.1. The minimum absolute atomic E-state index is 0.00303. The molecular formula is C20H31NO3. The van der Waals surface area contributed by atoms with Gasteiger partial charge in [-0.25, -0.2) is 0 Å². The Bertz CT molecular complexity index is 561. The number of nitrogens with one attached hydrogen (secondary N) is 1. The van der Waals surface area contributed by atoms with Crippen molar-refractivity contribution in [2.75, 3.05) is 7.11 Å². The van der Waals surface area contributed by atoms with Gasteiger partial charge in [0.2, 0.25) is 5.91 Å². The van der Waals surface area contributed by atoms with Gasteiger partial charge in [0.05, 0.1) is 13.0 Å². The highest BCUT2D eigenvalue weighted by molar-refractivity contribution is 5.77. The highest BCUT2D eigenvalue weighted by Crippen LogP contribution is 2.65. The van der Waals surface area contributed by atoms with Crippen LogP contribution in [0.2, 0.25) is 0 Å². The molecule has 3 aliphatic carbocycles. The number of ether oxygens (including phenoxy) is 1. The largest absolute Gasteiger partial charge is 0.469 e. The van der Waals surface area contributed by atoms with E-state index >= 15 is 0 Å². The van der Waals surface area contributed by atoms with Crippen LogP contribution in [0.15, 0.2) is 0 Å².